The number of hydrogen-bond acceptors (Lipinski definition) is 4. The van der Waals surface area contributed by atoms with E-state index in [0.717, 1.165) is 27.9 Å². The standard InChI is InChI=1S/C42H26N4/c1-3-11-29(12-4-1)40-44-41(30-13-5-2-6-14-30)46-42(45-40)31-21-25-38(43-26-31)35-16-9-17-36-34(35)23-20-28-19-22-33-32-15-8-7-10-27(32)18-24-37(33)39(28)36/h1-26H. The minimum atomic E-state index is 0.592. The number of fused-ring (bicyclic) bond motifs is 7. The van der Waals surface area contributed by atoms with E-state index in [1.54, 1.807) is 0 Å². The van der Waals surface area contributed by atoms with Gasteiger partial charge in [-0.2, -0.15) is 0 Å². The maximum atomic E-state index is 4.96. The first kappa shape index (κ1) is 26.2. The smallest absolute Gasteiger partial charge is 0.165 e. The lowest BCUT2D eigenvalue weighted by molar-refractivity contribution is 1.07. The van der Waals surface area contributed by atoms with Gasteiger partial charge in [-0.05, 0) is 55.2 Å². The zero-order valence-electron chi connectivity index (χ0n) is 24.8. The van der Waals surface area contributed by atoms with Crippen LogP contribution in [0.3, 0.4) is 0 Å². The number of hydrogen-bond donors (Lipinski definition) is 0. The second-order valence-electron chi connectivity index (χ2n) is 11.5. The van der Waals surface area contributed by atoms with E-state index in [-0.39, 0.29) is 0 Å². The highest BCUT2D eigenvalue weighted by atomic mass is 15.0. The Morgan fingerprint density at radius 1 is 0.326 bits per heavy atom. The molecule has 9 rings (SSSR count). The highest BCUT2D eigenvalue weighted by Gasteiger charge is 2.15. The van der Waals surface area contributed by atoms with E-state index in [0.29, 0.717) is 17.5 Å². The van der Waals surface area contributed by atoms with Crippen LogP contribution in [0.1, 0.15) is 0 Å². The molecule has 0 N–H and O–H groups in total. The Kier molecular flexibility index (Phi) is 6.10. The van der Waals surface area contributed by atoms with Crippen LogP contribution >= 0.6 is 0 Å². The molecular weight excluding hydrogens is 560 g/mol. The molecule has 9 aromatic rings. The van der Waals surface area contributed by atoms with Crippen LogP contribution in [-0.4, -0.2) is 19.9 Å². The van der Waals surface area contributed by atoms with Gasteiger partial charge >= 0.3 is 0 Å². The summed E-state index contributed by atoms with van der Waals surface area (Å²) in [6.45, 7) is 0. The molecule has 4 heteroatoms. The molecule has 0 aliphatic carbocycles. The first-order chi connectivity index (χ1) is 22.8. The number of nitrogens with zero attached hydrogens (tertiary/aromatic N) is 4. The fourth-order valence-corrected chi connectivity index (χ4v) is 6.53. The third-order valence-electron chi connectivity index (χ3n) is 8.76. The van der Waals surface area contributed by atoms with E-state index >= 15 is 0 Å². The van der Waals surface area contributed by atoms with Crippen molar-refractivity contribution in [1.82, 2.24) is 19.9 Å². The van der Waals surface area contributed by atoms with Crippen molar-refractivity contribution in [2.45, 2.75) is 0 Å². The van der Waals surface area contributed by atoms with Gasteiger partial charge in [0.25, 0.3) is 0 Å². The molecule has 0 radical (unpaired) electrons. The molecular formula is C42H26N4. The lowest BCUT2D eigenvalue weighted by Crippen LogP contribution is -2.00. The van der Waals surface area contributed by atoms with Gasteiger partial charge < -0.3 is 0 Å². The average molecular weight is 587 g/mol. The molecule has 2 aromatic heterocycles. The molecule has 214 valence electrons. The molecule has 7 aromatic carbocycles. The lowest BCUT2D eigenvalue weighted by atomic mass is 9.92. The van der Waals surface area contributed by atoms with E-state index < -0.39 is 0 Å². The van der Waals surface area contributed by atoms with Gasteiger partial charge in [0.1, 0.15) is 0 Å². The minimum Gasteiger partial charge on any atom is -0.255 e. The molecule has 0 spiro atoms. The van der Waals surface area contributed by atoms with E-state index in [4.69, 9.17) is 19.9 Å². The maximum Gasteiger partial charge on any atom is 0.165 e. The summed E-state index contributed by atoms with van der Waals surface area (Å²) < 4.78 is 0. The summed E-state index contributed by atoms with van der Waals surface area (Å²) in [6, 6.07) is 52.7. The van der Waals surface area contributed by atoms with Crippen molar-refractivity contribution < 1.29 is 0 Å². The summed E-state index contributed by atoms with van der Waals surface area (Å²) in [4.78, 5) is 19.5. The molecule has 0 bridgehead atoms. The third kappa shape index (κ3) is 4.39. The maximum absolute atomic E-state index is 4.96. The topological polar surface area (TPSA) is 51.6 Å². The number of pyridine rings is 1. The van der Waals surface area contributed by atoms with Gasteiger partial charge in [0, 0.05) is 28.5 Å². The Bertz CT molecular complexity index is 2500. The fraction of sp³-hybridized carbons (Fsp3) is 0. The largest absolute Gasteiger partial charge is 0.255 e. The van der Waals surface area contributed by atoms with E-state index in [2.05, 4.69) is 91.0 Å². The van der Waals surface area contributed by atoms with Gasteiger partial charge in [-0.3, -0.25) is 4.98 Å². The van der Waals surface area contributed by atoms with E-state index in [9.17, 15) is 0 Å². The molecule has 4 nitrogen and oxygen atoms in total. The second-order valence-corrected chi connectivity index (χ2v) is 11.5. The van der Waals surface area contributed by atoms with Gasteiger partial charge in [-0.1, -0.05) is 140 Å². The normalized spacial score (nSPS) is 11.5. The Labute approximate surface area is 265 Å². The van der Waals surface area contributed by atoms with Crippen molar-refractivity contribution in [1.29, 1.82) is 0 Å². The van der Waals surface area contributed by atoms with Crippen molar-refractivity contribution in [3.05, 3.63) is 158 Å². The molecule has 46 heavy (non-hydrogen) atoms. The summed E-state index contributed by atoms with van der Waals surface area (Å²) in [5, 5.41) is 9.96. The first-order valence-electron chi connectivity index (χ1n) is 15.4. The molecule has 0 aliphatic rings. The Balaban J connectivity index is 1.17. The van der Waals surface area contributed by atoms with Crippen LogP contribution in [0.4, 0.5) is 0 Å². The summed E-state index contributed by atoms with van der Waals surface area (Å²) >= 11 is 0. The third-order valence-corrected chi connectivity index (χ3v) is 8.76. The van der Waals surface area contributed by atoms with Crippen molar-refractivity contribution in [2.75, 3.05) is 0 Å². The van der Waals surface area contributed by atoms with Crippen LogP contribution in [0.15, 0.2) is 158 Å². The predicted octanol–water partition coefficient (Wildman–Crippen LogP) is 10.5. The Morgan fingerprint density at radius 2 is 0.891 bits per heavy atom. The summed E-state index contributed by atoms with van der Waals surface area (Å²) in [5.74, 6) is 1.86. The Morgan fingerprint density at radius 3 is 1.59 bits per heavy atom. The summed E-state index contributed by atoms with van der Waals surface area (Å²) in [6.07, 6.45) is 1.87. The van der Waals surface area contributed by atoms with Crippen LogP contribution in [-0.2, 0) is 0 Å². The fourth-order valence-electron chi connectivity index (χ4n) is 6.53. The van der Waals surface area contributed by atoms with Gasteiger partial charge in [0.2, 0.25) is 0 Å². The summed E-state index contributed by atoms with van der Waals surface area (Å²) in [5.41, 5.74) is 4.71. The molecule has 0 unspecified atom stereocenters. The van der Waals surface area contributed by atoms with Gasteiger partial charge in [0.15, 0.2) is 17.5 Å². The first-order valence-corrected chi connectivity index (χ1v) is 15.4. The highest BCUT2D eigenvalue weighted by molar-refractivity contribution is 6.25. The average Bonchev–Trinajstić information content (AvgIpc) is 3.14. The van der Waals surface area contributed by atoms with Crippen LogP contribution in [0.2, 0.25) is 0 Å². The van der Waals surface area contributed by atoms with Gasteiger partial charge in [0.05, 0.1) is 5.69 Å². The number of rotatable bonds is 4. The molecule has 0 aliphatic heterocycles. The van der Waals surface area contributed by atoms with Gasteiger partial charge in [-0.25, -0.2) is 15.0 Å². The predicted molar refractivity (Wildman–Crippen MR) is 189 cm³/mol. The number of aromatic nitrogens is 4. The van der Waals surface area contributed by atoms with Crippen molar-refractivity contribution in [3.63, 3.8) is 0 Å². The monoisotopic (exact) mass is 586 g/mol. The second kappa shape index (κ2) is 10.7. The molecule has 0 atom stereocenters. The van der Waals surface area contributed by atoms with E-state index in [1.165, 1.54) is 43.1 Å². The van der Waals surface area contributed by atoms with Crippen molar-refractivity contribution in [3.8, 4) is 45.4 Å². The molecule has 0 fully saturated rings. The van der Waals surface area contributed by atoms with Crippen LogP contribution in [0, 0.1) is 0 Å². The quantitative estimate of drug-likeness (QED) is 0.193. The lowest BCUT2D eigenvalue weighted by Gasteiger charge is -2.13. The van der Waals surface area contributed by atoms with Crippen LogP contribution < -0.4 is 0 Å². The van der Waals surface area contributed by atoms with Crippen LogP contribution in [0.5, 0.6) is 0 Å². The number of benzene rings is 7. The highest BCUT2D eigenvalue weighted by Crippen LogP contribution is 2.38. The van der Waals surface area contributed by atoms with Crippen molar-refractivity contribution in [2.24, 2.45) is 0 Å². The molecule has 2 heterocycles. The zero-order valence-corrected chi connectivity index (χ0v) is 24.8. The van der Waals surface area contributed by atoms with Crippen LogP contribution in [0.25, 0.3) is 88.5 Å². The zero-order chi connectivity index (χ0) is 30.5. The Hall–Kier alpha value is -6.26. The van der Waals surface area contributed by atoms with Gasteiger partial charge in [-0.15, -0.1) is 0 Å². The molecule has 0 saturated carbocycles. The molecule has 0 saturated heterocycles. The SMILES string of the molecule is c1ccc(-c2nc(-c3ccccc3)nc(-c3ccc(-c4cccc5c4ccc4ccc6c7ccccc7ccc6c45)nc3)n2)cc1. The summed E-state index contributed by atoms with van der Waals surface area (Å²) in [7, 11) is 0. The minimum absolute atomic E-state index is 0.592. The molecule has 0 amide bonds. The van der Waals surface area contributed by atoms with Crippen molar-refractivity contribution >= 4 is 43.1 Å². The van der Waals surface area contributed by atoms with E-state index in [1.807, 2.05) is 66.9 Å².